The predicted octanol–water partition coefficient (Wildman–Crippen LogP) is -0.496. The fraction of sp³-hybridized carbons (Fsp3) is 1.00. The molecule has 0 bridgehead atoms. The Bertz CT molecular complexity index is 12.5. The fourth-order valence-electron chi connectivity index (χ4n) is 0. The molecule has 0 heterocycles. The van der Waals surface area contributed by atoms with Crippen LogP contribution in [0.25, 0.3) is 0 Å². The van der Waals surface area contributed by atoms with E-state index in [-0.39, 0.29) is 24.1 Å². The van der Waals surface area contributed by atoms with Crippen LogP contribution in [0.4, 0.5) is 0 Å². The molecule has 4 N–H and O–H groups in total. The van der Waals surface area contributed by atoms with E-state index < -0.39 is 0 Å². The molecule has 0 unspecified atom stereocenters. The Morgan fingerprint density at radius 1 is 1.00 bits per heavy atom. The van der Waals surface area contributed by atoms with Crippen molar-refractivity contribution in [2.75, 3.05) is 0 Å². The van der Waals surface area contributed by atoms with Gasteiger partial charge in [0, 0.05) is 9.93 Å². The van der Waals surface area contributed by atoms with Gasteiger partial charge in [0.1, 0.15) is 0 Å². The van der Waals surface area contributed by atoms with Crippen molar-refractivity contribution >= 4 is 0 Å². The summed E-state index contributed by atoms with van der Waals surface area (Å²) < 4.78 is 0. The van der Waals surface area contributed by atoms with Gasteiger partial charge in [-0.25, -0.2) is 0 Å². The summed E-state index contributed by atoms with van der Waals surface area (Å²) in [4.78, 5) is 14.0. The number of rotatable bonds is 0. The van der Waals surface area contributed by atoms with Crippen molar-refractivity contribution in [3.8, 4) is 0 Å². The van der Waals surface area contributed by atoms with E-state index in [0.29, 0.717) is 0 Å². The lowest BCUT2D eigenvalue weighted by Crippen LogP contribution is -0.674. The zero-order valence-corrected chi connectivity index (χ0v) is 1.82. The van der Waals surface area contributed by atoms with Crippen LogP contribution in [0.2, 0.25) is 0 Å². The molecular weight excluding hydrogens is 76.0 g/mol. The highest BCUT2D eigenvalue weighted by molar-refractivity contribution is 4.07. The molecule has 4 nitrogen and oxygen atoms in total. The van der Waals surface area contributed by atoms with Crippen LogP contribution in [0, 0.1) is 9.93 Å². The molecule has 0 saturated carbocycles. The van der Waals surface area contributed by atoms with Crippen LogP contribution in [0.5, 0.6) is 0 Å². The van der Waals surface area contributed by atoms with Crippen molar-refractivity contribution in [3.05, 3.63) is 9.93 Å². The summed E-state index contributed by atoms with van der Waals surface area (Å²) in [5, 5.41) is 0. The minimum absolute atomic E-state index is 0. The molecule has 0 aliphatic heterocycles. The highest BCUT2D eigenvalue weighted by Crippen LogP contribution is 0.741. The van der Waals surface area contributed by atoms with E-state index in [1.807, 2.05) is 0 Å². The lowest BCUT2D eigenvalue weighted by Gasteiger charge is -0.707. The highest BCUT2D eigenvalue weighted by atomic mass is 16.7. The summed E-state index contributed by atoms with van der Waals surface area (Å²) >= 11 is 0. The SMILES string of the molecule is C.O.O.O=O.[H+].[H+].[H+].[H+]. The second kappa shape index (κ2) is 97.0. The van der Waals surface area contributed by atoms with Crippen LogP contribution >= 0.6 is 0 Å². The van der Waals surface area contributed by atoms with Gasteiger partial charge in [0.15, 0.2) is 0 Å². The average Bonchev–Trinajstić information content (AvgIpc) is 1.00. The van der Waals surface area contributed by atoms with Crippen LogP contribution in [0.1, 0.15) is 13.1 Å². The summed E-state index contributed by atoms with van der Waals surface area (Å²) in [5.41, 5.74) is 0. The Labute approximate surface area is 35.6 Å². The third-order valence-electron chi connectivity index (χ3n) is 0. The Morgan fingerprint density at radius 2 is 1.00 bits per heavy atom. The second-order valence-electron chi connectivity index (χ2n) is 0. The number of hydrogen-bond acceptors (Lipinski definition) is 2. The normalized spacial score (nSPS) is 0.800. The Kier molecular flexibility index (Phi) is 4020. The van der Waals surface area contributed by atoms with Gasteiger partial charge in [-0.1, -0.05) is 7.43 Å². The van der Waals surface area contributed by atoms with Crippen LogP contribution in [-0.2, 0) is 0 Å². The van der Waals surface area contributed by atoms with Crippen molar-refractivity contribution in [1.82, 2.24) is 0 Å². The molecule has 0 saturated heterocycles. The first-order valence-electron chi connectivity index (χ1n) is 0.167. The molecule has 0 aromatic carbocycles. The van der Waals surface area contributed by atoms with Gasteiger partial charge in [-0.15, -0.1) is 0 Å². The number of hydrogen-bond donors (Lipinski definition) is 0. The first-order valence-corrected chi connectivity index (χ1v) is 0.167. The molecule has 0 spiro atoms. The van der Waals surface area contributed by atoms with E-state index in [2.05, 4.69) is 0 Å². The summed E-state index contributed by atoms with van der Waals surface area (Å²) in [5.74, 6) is 0. The predicted molar refractivity (Wildman–Crippen MR) is 25.1 cm³/mol. The molecule has 0 radical (unpaired) electrons. The van der Waals surface area contributed by atoms with Crippen molar-refractivity contribution in [3.63, 3.8) is 0 Å². The maximum Gasteiger partial charge on any atom is 1.00 e. The van der Waals surface area contributed by atoms with Gasteiger partial charge >= 0.3 is 5.71 Å². The molecule has 4 heteroatoms. The summed E-state index contributed by atoms with van der Waals surface area (Å²) in [6.07, 6.45) is 0. The van der Waals surface area contributed by atoms with Crippen LogP contribution < -0.4 is 0 Å². The fourth-order valence-corrected chi connectivity index (χ4v) is 0. The highest BCUT2D eigenvalue weighted by Gasteiger charge is 0.707. The van der Waals surface area contributed by atoms with E-state index in [4.69, 9.17) is 9.93 Å². The van der Waals surface area contributed by atoms with Gasteiger partial charge in [-0.05, 0) is 0 Å². The first kappa shape index (κ1) is 207. The third-order valence-corrected chi connectivity index (χ3v) is 0. The summed E-state index contributed by atoms with van der Waals surface area (Å²) in [7, 11) is 0. The molecule has 0 aliphatic carbocycles. The van der Waals surface area contributed by atoms with Gasteiger partial charge in [-0.2, -0.15) is 0 Å². The Hall–Kier alpha value is -0.480. The van der Waals surface area contributed by atoms with Crippen LogP contribution in [0.15, 0.2) is 0 Å². The lowest BCUT2D eigenvalue weighted by atomic mass is 12.0. The zero-order valence-electron chi connectivity index (χ0n) is 5.82. The smallest absolute Gasteiger partial charge is 0.412 e. The van der Waals surface area contributed by atoms with Gasteiger partial charge in [0.25, 0.3) is 0 Å². The molecule has 0 aromatic rings. The van der Waals surface area contributed by atoms with Crippen LogP contribution in [-0.4, -0.2) is 11.0 Å². The quantitative estimate of drug-likeness (QED) is 0.399. The lowest BCUT2D eigenvalue weighted by molar-refractivity contribution is 0.823. The molecular formula is CH12O4+4. The van der Waals surface area contributed by atoms with E-state index in [0.717, 1.165) is 0 Å². The Balaban J connectivity index is -0.000000000238. The summed E-state index contributed by atoms with van der Waals surface area (Å²) in [6.45, 7) is 0. The molecule has 0 rings (SSSR count). The standard InChI is InChI=1S/CH4.O2.2H2O/c;1-2;;/h1H4;;2*1H2/p+4. The van der Waals surface area contributed by atoms with Gasteiger partial charge < -0.3 is 11.0 Å². The van der Waals surface area contributed by atoms with Crippen molar-refractivity contribution in [2.45, 2.75) is 7.43 Å². The molecule has 5 heavy (non-hydrogen) atoms. The van der Waals surface area contributed by atoms with Crippen molar-refractivity contribution < 1.29 is 16.7 Å². The monoisotopic (exact) mass is 88.1 g/mol. The van der Waals surface area contributed by atoms with E-state index >= 15 is 0 Å². The Morgan fingerprint density at radius 3 is 1.00 bits per heavy atom. The first-order chi connectivity index (χ1) is 1.00. The van der Waals surface area contributed by atoms with Crippen molar-refractivity contribution in [2.24, 2.45) is 0 Å². The average molecular weight is 88.1 g/mol. The topological polar surface area (TPSA) is 97.1 Å². The minimum atomic E-state index is 0. The van der Waals surface area contributed by atoms with Crippen LogP contribution in [0.3, 0.4) is 0 Å². The molecule has 0 aromatic heterocycles. The zero-order chi connectivity index (χ0) is 2.00. The molecule has 0 atom stereocenters. The summed E-state index contributed by atoms with van der Waals surface area (Å²) in [6, 6.07) is 0. The van der Waals surface area contributed by atoms with Gasteiger partial charge in [-0.3, -0.25) is 0 Å². The second-order valence-corrected chi connectivity index (χ2v) is 0. The van der Waals surface area contributed by atoms with E-state index in [1.54, 1.807) is 0 Å². The maximum absolute atomic E-state index is 7.00. The molecule has 0 amide bonds. The van der Waals surface area contributed by atoms with E-state index in [9.17, 15) is 0 Å². The largest absolute Gasteiger partial charge is 1.00 e. The van der Waals surface area contributed by atoms with E-state index in [1.165, 1.54) is 0 Å². The third kappa shape index (κ3) is 35.3. The van der Waals surface area contributed by atoms with Gasteiger partial charge in [0.05, 0.1) is 0 Å². The molecule has 0 aliphatic rings. The molecule has 0 fully saturated rings. The van der Waals surface area contributed by atoms with Gasteiger partial charge in [0.2, 0.25) is 0 Å². The maximum atomic E-state index is 7.00. The molecule has 36 valence electrons. The van der Waals surface area contributed by atoms with Crippen molar-refractivity contribution in [1.29, 1.82) is 0 Å². The minimum Gasteiger partial charge on any atom is -0.412 e.